The van der Waals surface area contributed by atoms with Crippen molar-refractivity contribution in [3.63, 3.8) is 0 Å². The SMILES string of the molecule is CCOc1ccc(C(=O)N(CCC2CCCCC2)CC(N)=O)cc1C. The van der Waals surface area contributed by atoms with Crippen LogP contribution in [0, 0.1) is 12.8 Å². The average molecular weight is 346 g/mol. The molecule has 1 aromatic rings. The number of hydrogen-bond acceptors (Lipinski definition) is 3. The lowest BCUT2D eigenvalue weighted by molar-refractivity contribution is -0.118. The van der Waals surface area contributed by atoms with Gasteiger partial charge in [-0.1, -0.05) is 32.1 Å². The van der Waals surface area contributed by atoms with Gasteiger partial charge in [0, 0.05) is 12.1 Å². The maximum atomic E-state index is 12.9. The van der Waals surface area contributed by atoms with Crippen molar-refractivity contribution in [2.24, 2.45) is 11.7 Å². The quantitative estimate of drug-likeness (QED) is 0.785. The highest BCUT2D eigenvalue weighted by molar-refractivity contribution is 5.96. The lowest BCUT2D eigenvalue weighted by Crippen LogP contribution is -2.39. The Kier molecular flexibility index (Phi) is 7.29. The van der Waals surface area contributed by atoms with E-state index in [2.05, 4.69) is 0 Å². The molecule has 0 aromatic heterocycles. The fourth-order valence-electron chi connectivity index (χ4n) is 3.54. The topological polar surface area (TPSA) is 72.6 Å². The lowest BCUT2D eigenvalue weighted by atomic mass is 9.87. The van der Waals surface area contributed by atoms with Crippen LogP contribution in [0.4, 0.5) is 0 Å². The molecule has 0 atom stereocenters. The lowest BCUT2D eigenvalue weighted by Gasteiger charge is -2.26. The van der Waals surface area contributed by atoms with Crippen molar-refractivity contribution in [2.45, 2.75) is 52.4 Å². The Morgan fingerprint density at radius 3 is 2.56 bits per heavy atom. The van der Waals surface area contributed by atoms with Crippen LogP contribution in [-0.4, -0.2) is 36.4 Å². The van der Waals surface area contributed by atoms with Crippen molar-refractivity contribution >= 4 is 11.8 Å². The molecule has 1 fully saturated rings. The first kappa shape index (κ1) is 19.3. The van der Waals surface area contributed by atoms with E-state index in [0.29, 0.717) is 24.6 Å². The fraction of sp³-hybridized carbons (Fsp3) is 0.600. The molecule has 2 amide bonds. The number of aryl methyl sites for hydroxylation is 1. The summed E-state index contributed by atoms with van der Waals surface area (Å²) in [6.07, 6.45) is 7.24. The molecule has 1 saturated carbocycles. The van der Waals surface area contributed by atoms with Gasteiger partial charge in [-0.25, -0.2) is 0 Å². The summed E-state index contributed by atoms with van der Waals surface area (Å²) < 4.78 is 5.52. The zero-order valence-electron chi connectivity index (χ0n) is 15.4. The van der Waals surface area contributed by atoms with E-state index in [-0.39, 0.29) is 12.5 Å². The van der Waals surface area contributed by atoms with Crippen molar-refractivity contribution in [2.75, 3.05) is 19.7 Å². The van der Waals surface area contributed by atoms with E-state index in [1.54, 1.807) is 11.0 Å². The van der Waals surface area contributed by atoms with Gasteiger partial charge in [0.05, 0.1) is 13.2 Å². The maximum absolute atomic E-state index is 12.9. The van der Waals surface area contributed by atoms with Gasteiger partial charge >= 0.3 is 0 Å². The monoisotopic (exact) mass is 346 g/mol. The Labute approximate surface area is 150 Å². The van der Waals surface area contributed by atoms with Crippen molar-refractivity contribution in [1.82, 2.24) is 4.90 Å². The van der Waals surface area contributed by atoms with Gasteiger partial charge in [0.15, 0.2) is 0 Å². The summed E-state index contributed by atoms with van der Waals surface area (Å²) in [6, 6.07) is 5.40. The third-order valence-corrected chi connectivity index (χ3v) is 4.89. The molecule has 0 heterocycles. The molecule has 0 aliphatic heterocycles. The molecule has 1 aliphatic carbocycles. The molecule has 0 bridgehead atoms. The number of carbonyl (C=O) groups excluding carboxylic acids is 2. The summed E-state index contributed by atoms with van der Waals surface area (Å²) in [7, 11) is 0. The number of rotatable bonds is 8. The molecule has 1 aromatic carbocycles. The molecule has 25 heavy (non-hydrogen) atoms. The highest BCUT2D eigenvalue weighted by Gasteiger charge is 2.21. The second-order valence-corrected chi connectivity index (χ2v) is 6.90. The van der Waals surface area contributed by atoms with Gasteiger partial charge in [-0.2, -0.15) is 0 Å². The van der Waals surface area contributed by atoms with Crippen molar-refractivity contribution in [3.8, 4) is 5.75 Å². The van der Waals surface area contributed by atoms with E-state index < -0.39 is 5.91 Å². The van der Waals surface area contributed by atoms with Crippen molar-refractivity contribution < 1.29 is 14.3 Å². The second kappa shape index (κ2) is 9.44. The summed E-state index contributed by atoms with van der Waals surface area (Å²) in [4.78, 5) is 25.9. The molecule has 2 N–H and O–H groups in total. The number of benzene rings is 1. The second-order valence-electron chi connectivity index (χ2n) is 6.90. The van der Waals surface area contributed by atoms with Crippen LogP contribution in [0.1, 0.15) is 61.4 Å². The minimum atomic E-state index is -0.473. The van der Waals surface area contributed by atoms with Crippen LogP contribution in [0.3, 0.4) is 0 Å². The number of ether oxygens (including phenoxy) is 1. The highest BCUT2D eigenvalue weighted by Crippen LogP contribution is 2.27. The average Bonchev–Trinajstić information content (AvgIpc) is 2.60. The minimum Gasteiger partial charge on any atom is -0.494 e. The molecule has 0 unspecified atom stereocenters. The van der Waals surface area contributed by atoms with E-state index in [1.807, 2.05) is 26.0 Å². The summed E-state index contributed by atoms with van der Waals surface area (Å²) in [5.74, 6) is 0.821. The van der Waals surface area contributed by atoms with Crippen LogP contribution in [0.25, 0.3) is 0 Å². The third kappa shape index (κ3) is 5.76. The van der Waals surface area contributed by atoms with Gasteiger partial charge in [0.2, 0.25) is 5.91 Å². The molecule has 5 heteroatoms. The molecular weight excluding hydrogens is 316 g/mol. The van der Waals surface area contributed by atoms with Gasteiger partial charge in [0.25, 0.3) is 5.91 Å². The first-order valence-corrected chi connectivity index (χ1v) is 9.32. The van der Waals surface area contributed by atoms with Crippen LogP contribution in [0.15, 0.2) is 18.2 Å². The Morgan fingerprint density at radius 2 is 1.96 bits per heavy atom. The molecule has 2 rings (SSSR count). The largest absolute Gasteiger partial charge is 0.494 e. The summed E-state index contributed by atoms with van der Waals surface area (Å²) in [5, 5.41) is 0. The van der Waals surface area contributed by atoms with Gasteiger partial charge in [-0.15, -0.1) is 0 Å². The molecule has 138 valence electrons. The number of nitrogens with two attached hydrogens (primary N) is 1. The highest BCUT2D eigenvalue weighted by atomic mass is 16.5. The van der Waals surface area contributed by atoms with E-state index in [4.69, 9.17) is 10.5 Å². The molecular formula is C20H30N2O3. The molecule has 5 nitrogen and oxygen atoms in total. The zero-order chi connectivity index (χ0) is 18.2. The Bertz CT molecular complexity index is 595. The minimum absolute atomic E-state index is 0.0299. The third-order valence-electron chi connectivity index (χ3n) is 4.89. The predicted molar refractivity (Wildman–Crippen MR) is 98.6 cm³/mol. The number of nitrogens with zero attached hydrogens (tertiary/aromatic N) is 1. The van der Waals surface area contributed by atoms with Gasteiger partial charge in [-0.3, -0.25) is 9.59 Å². The Hall–Kier alpha value is -2.04. The summed E-state index contributed by atoms with van der Waals surface area (Å²) in [5.41, 5.74) is 6.85. The Morgan fingerprint density at radius 1 is 1.24 bits per heavy atom. The van der Waals surface area contributed by atoms with Gasteiger partial charge in [-0.05, 0) is 49.9 Å². The maximum Gasteiger partial charge on any atom is 0.254 e. The normalized spacial score (nSPS) is 15.0. The predicted octanol–water partition coefficient (Wildman–Crippen LogP) is 3.29. The fourth-order valence-corrected chi connectivity index (χ4v) is 3.54. The summed E-state index contributed by atoms with van der Waals surface area (Å²) >= 11 is 0. The number of carbonyl (C=O) groups is 2. The van der Waals surface area contributed by atoms with Crippen LogP contribution >= 0.6 is 0 Å². The molecule has 0 saturated heterocycles. The van der Waals surface area contributed by atoms with Gasteiger partial charge < -0.3 is 15.4 Å². The van der Waals surface area contributed by atoms with Gasteiger partial charge in [0.1, 0.15) is 5.75 Å². The first-order chi connectivity index (χ1) is 12.0. The van der Waals surface area contributed by atoms with Crippen LogP contribution in [0.5, 0.6) is 5.75 Å². The van der Waals surface area contributed by atoms with E-state index in [1.165, 1.54) is 32.1 Å². The van der Waals surface area contributed by atoms with E-state index in [0.717, 1.165) is 17.7 Å². The van der Waals surface area contributed by atoms with Crippen molar-refractivity contribution in [1.29, 1.82) is 0 Å². The standard InChI is InChI=1S/C20H30N2O3/c1-3-25-18-10-9-17(13-15(18)2)20(24)22(14-19(21)23)12-11-16-7-5-4-6-8-16/h9-10,13,16H,3-8,11-12,14H2,1-2H3,(H2,21,23). The smallest absolute Gasteiger partial charge is 0.254 e. The molecule has 0 radical (unpaired) electrons. The van der Waals surface area contributed by atoms with Crippen molar-refractivity contribution in [3.05, 3.63) is 29.3 Å². The molecule has 1 aliphatic rings. The summed E-state index contributed by atoms with van der Waals surface area (Å²) in [6.45, 7) is 4.99. The van der Waals surface area contributed by atoms with Crippen LogP contribution in [0.2, 0.25) is 0 Å². The Balaban J connectivity index is 2.06. The number of hydrogen-bond donors (Lipinski definition) is 1. The number of amides is 2. The van der Waals surface area contributed by atoms with E-state index >= 15 is 0 Å². The van der Waals surface area contributed by atoms with Crippen LogP contribution < -0.4 is 10.5 Å². The zero-order valence-corrected chi connectivity index (χ0v) is 15.4. The van der Waals surface area contributed by atoms with Crippen LogP contribution in [-0.2, 0) is 4.79 Å². The molecule has 0 spiro atoms. The first-order valence-electron chi connectivity index (χ1n) is 9.32. The van der Waals surface area contributed by atoms with E-state index in [9.17, 15) is 9.59 Å². The number of primary amides is 1.